The highest BCUT2D eigenvalue weighted by Gasteiger charge is 2.18. The first-order chi connectivity index (χ1) is 12.5. The number of aromatic hydroxyl groups is 1. The molecule has 1 aliphatic rings. The van der Waals surface area contributed by atoms with Crippen LogP contribution in [0.25, 0.3) is 11.6 Å². The Labute approximate surface area is 160 Å². The van der Waals surface area contributed by atoms with Gasteiger partial charge in [-0.3, -0.25) is 9.56 Å². The minimum Gasteiger partial charge on any atom is -0.493 e. The Balaban J connectivity index is 1.80. The monoisotopic (exact) mass is 381 g/mol. The number of aromatic nitrogens is 1. The van der Waals surface area contributed by atoms with Crippen LogP contribution < -0.4 is 4.80 Å². The summed E-state index contributed by atoms with van der Waals surface area (Å²) in [5.41, 5.74) is 4.79. The number of halogens is 1. The zero-order chi connectivity index (χ0) is 18.3. The fourth-order valence-electron chi connectivity index (χ4n) is 2.83. The van der Waals surface area contributed by atoms with Crippen LogP contribution in [0.5, 0.6) is 5.88 Å². The molecular formula is C20H16ClN3OS. The molecule has 0 saturated carbocycles. The summed E-state index contributed by atoms with van der Waals surface area (Å²) < 4.78 is 1.68. The van der Waals surface area contributed by atoms with Crippen molar-refractivity contribution in [2.75, 3.05) is 0 Å². The van der Waals surface area contributed by atoms with Crippen LogP contribution in [-0.4, -0.2) is 15.4 Å². The number of aliphatic imine (C=N–C) groups is 1. The zero-order valence-corrected chi connectivity index (χ0v) is 15.8. The van der Waals surface area contributed by atoms with Crippen molar-refractivity contribution >= 4 is 51.7 Å². The first-order valence-corrected chi connectivity index (χ1v) is 9.28. The summed E-state index contributed by atoms with van der Waals surface area (Å²) in [7, 11) is 1.80. The molecule has 1 N–H and O–H groups in total. The van der Waals surface area contributed by atoms with Gasteiger partial charge in [-0.25, -0.2) is 4.99 Å². The lowest BCUT2D eigenvalue weighted by Crippen LogP contribution is -2.08. The predicted octanol–water partition coefficient (Wildman–Crippen LogP) is 5.32. The van der Waals surface area contributed by atoms with Crippen LogP contribution in [0.1, 0.15) is 17.4 Å². The van der Waals surface area contributed by atoms with Crippen LogP contribution in [0.2, 0.25) is 5.02 Å². The van der Waals surface area contributed by atoms with E-state index in [4.69, 9.17) is 11.6 Å². The third kappa shape index (κ3) is 3.00. The summed E-state index contributed by atoms with van der Waals surface area (Å²) in [4.78, 5) is 10.7. The fraction of sp³-hybridized carbons (Fsp3) is 0.100. The molecule has 0 fully saturated rings. The minimum absolute atomic E-state index is 0.187. The van der Waals surface area contributed by atoms with Gasteiger partial charge in [0.25, 0.3) is 0 Å². The van der Waals surface area contributed by atoms with Crippen molar-refractivity contribution in [3.05, 3.63) is 68.8 Å². The van der Waals surface area contributed by atoms with Gasteiger partial charge < -0.3 is 5.11 Å². The molecule has 0 atom stereocenters. The lowest BCUT2D eigenvalue weighted by atomic mass is 10.0. The summed E-state index contributed by atoms with van der Waals surface area (Å²) in [5.74, 6) is 0.187. The molecule has 0 bridgehead atoms. The number of fused-ring (bicyclic) bond motifs is 1. The number of para-hydroxylation sites is 1. The van der Waals surface area contributed by atoms with Gasteiger partial charge in [0.1, 0.15) is 0 Å². The van der Waals surface area contributed by atoms with Crippen molar-refractivity contribution in [3.63, 3.8) is 0 Å². The third-order valence-corrected chi connectivity index (χ3v) is 5.55. The van der Waals surface area contributed by atoms with E-state index in [9.17, 15) is 5.11 Å². The van der Waals surface area contributed by atoms with Crippen LogP contribution in [0.3, 0.4) is 0 Å². The molecule has 0 saturated heterocycles. The highest BCUT2D eigenvalue weighted by molar-refractivity contribution is 7.10. The molecule has 0 amide bonds. The summed E-state index contributed by atoms with van der Waals surface area (Å²) >= 11 is 7.35. The number of hydrogen-bond acceptors (Lipinski definition) is 4. The number of thiazole rings is 1. The standard InChI is InChI=1S/C20H16ClN3OS/c1-12-16(15-5-3-4-6-17(15)22-12)11-18-19(25)24(2)20(26-18)23-14-9-7-13(21)8-10-14/h3-11,25H,1-2H3/b16-11+,23-20?. The molecule has 2 heterocycles. The van der Waals surface area contributed by atoms with E-state index >= 15 is 0 Å². The molecule has 1 aromatic heterocycles. The largest absolute Gasteiger partial charge is 0.493 e. The number of hydrogen-bond donors (Lipinski definition) is 1. The van der Waals surface area contributed by atoms with E-state index in [1.807, 2.05) is 49.4 Å². The second-order valence-electron chi connectivity index (χ2n) is 5.99. The molecule has 2 aromatic carbocycles. The van der Waals surface area contributed by atoms with Crippen molar-refractivity contribution in [1.82, 2.24) is 4.57 Å². The highest BCUT2D eigenvalue weighted by Crippen LogP contribution is 2.37. The first kappa shape index (κ1) is 16.8. The van der Waals surface area contributed by atoms with Crippen molar-refractivity contribution < 1.29 is 5.11 Å². The molecule has 6 heteroatoms. The van der Waals surface area contributed by atoms with Gasteiger partial charge in [-0.2, -0.15) is 0 Å². The van der Waals surface area contributed by atoms with Gasteiger partial charge in [-0.05, 0) is 43.3 Å². The Hall–Kier alpha value is -2.63. The lowest BCUT2D eigenvalue weighted by molar-refractivity contribution is 0.427. The van der Waals surface area contributed by atoms with Crippen LogP contribution in [-0.2, 0) is 7.05 Å². The van der Waals surface area contributed by atoms with Crippen molar-refractivity contribution in [2.45, 2.75) is 6.92 Å². The normalized spacial score (nSPS) is 15.4. The maximum Gasteiger partial charge on any atom is 0.210 e. The molecule has 0 radical (unpaired) electrons. The smallest absolute Gasteiger partial charge is 0.210 e. The van der Waals surface area contributed by atoms with Gasteiger partial charge >= 0.3 is 0 Å². The van der Waals surface area contributed by atoms with E-state index in [2.05, 4.69) is 9.98 Å². The second-order valence-corrected chi connectivity index (χ2v) is 7.44. The van der Waals surface area contributed by atoms with Gasteiger partial charge in [0, 0.05) is 28.9 Å². The Morgan fingerprint density at radius 2 is 1.88 bits per heavy atom. The van der Waals surface area contributed by atoms with Gasteiger partial charge in [-0.15, -0.1) is 0 Å². The number of benzene rings is 2. The van der Waals surface area contributed by atoms with E-state index in [0.717, 1.165) is 33.1 Å². The van der Waals surface area contributed by atoms with Crippen LogP contribution >= 0.6 is 22.9 Å². The Morgan fingerprint density at radius 1 is 1.15 bits per heavy atom. The predicted molar refractivity (Wildman–Crippen MR) is 109 cm³/mol. The first-order valence-electron chi connectivity index (χ1n) is 8.09. The van der Waals surface area contributed by atoms with E-state index < -0.39 is 0 Å². The van der Waals surface area contributed by atoms with Gasteiger partial charge in [-0.1, -0.05) is 41.1 Å². The molecule has 26 heavy (non-hydrogen) atoms. The topological polar surface area (TPSA) is 49.9 Å². The van der Waals surface area contributed by atoms with Crippen molar-refractivity contribution in [3.8, 4) is 5.88 Å². The number of allylic oxidation sites excluding steroid dienone is 1. The average molecular weight is 382 g/mol. The minimum atomic E-state index is 0.187. The van der Waals surface area contributed by atoms with E-state index in [-0.39, 0.29) is 5.88 Å². The SMILES string of the molecule is CC1=Nc2ccccc2/C1=C/c1sc(=Nc2ccc(Cl)cc2)n(C)c1O. The molecule has 130 valence electrons. The lowest BCUT2D eigenvalue weighted by Gasteiger charge is -2.01. The molecule has 0 spiro atoms. The summed E-state index contributed by atoms with van der Waals surface area (Å²) in [6.45, 7) is 1.98. The van der Waals surface area contributed by atoms with E-state index in [1.165, 1.54) is 11.3 Å². The summed E-state index contributed by atoms with van der Waals surface area (Å²) in [6, 6.07) is 15.3. The molecular weight excluding hydrogens is 366 g/mol. The fourth-order valence-corrected chi connectivity index (χ4v) is 3.94. The maximum absolute atomic E-state index is 10.5. The molecule has 0 unspecified atom stereocenters. The maximum atomic E-state index is 10.5. The molecule has 1 aliphatic heterocycles. The van der Waals surface area contributed by atoms with Gasteiger partial charge in [0.2, 0.25) is 5.88 Å². The van der Waals surface area contributed by atoms with Gasteiger partial charge in [0.15, 0.2) is 4.80 Å². The quantitative estimate of drug-likeness (QED) is 0.641. The molecule has 3 aromatic rings. The van der Waals surface area contributed by atoms with Crippen LogP contribution in [0, 0.1) is 0 Å². The van der Waals surface area contributed by atoms with E-state index in [0.29, 0.717) is 9.82 Å². The molecule has 4 nitrogen and oxygen atoms in total. The number of rotatable bonds is 2. The third-order valence-electron chi connectivity index (χ3n) is 4.23. The summed E-state index contributed by atoms with van der Waals surface area (Å²) in [6.07, 6.45) is 1.98. The van der Waals surface area contributed by atoms with Crippen LogP contribution in [0.4, 0.5) is 11.4 Å². The van der Waals surface area contributed by atoms with Crippen molar-refractivity contribution in [1.29, 1.82) is 0 Å². The Morgan fingerprint density at radius 3 is 2.65 bits per heavy atom. The second kappa shape index (κ2) is 6.59. The van der Waals surface area contributed by atoms with Gasteiger partial charge in [0.05, 0.1) is 16.3 Å². The number of nitrogens with zero attached hydrogens (tertiary/aromatic N) is 3. The molecule has 4 rings (SSSR count). The average Bonchev–Trinajstić information content (AvgIpc) is 3.09. The highest BCUT2D eigenvalue weighted by atomic mass is 35.5. The Bertz CT molecular complexity index is 1120. The summed E-state index contributed by atoms with van der Waals surface area (Å²) in [5, 5.41) is 11.2. The van der Waals surface area contributed by atoms with Crippen molar-refractivity contribution in [2.24, 2.45) is 17.0 Å². The zero-order valence-electron chi connectivity index (χ0n) is 14.3. The van der Waals surface area contributed by atoms with E-state index in [1.54, 1.807) is 23.7 Å². The molecule has 0 aliphatic carbocycles. The van der Waals surface area contributed by atoms with Crippen LogP contribution in [0.15, 0.2) is 58.5 Å². The Kier molecular flexibility index (Phi) is 4.26.